The van der Waals surface area contributed by atoms with Gasteiger partial charge in [0.15, 0.2) is 5.11 Å². The SMILES string of the molecule is Cc1cccc(C)c1NC(=O)CNC(=S)Nc1ccc(Cl)cc1. The predicted octanol–water partition coefficient (Wildman–Crippen LogP) is 3.88. The average Bonchev–Trinajstić information content (AvgIpc) is 2.51. The molecule has 6 heteroatoms. The molecule has 0 unspecified atom stereocenters. The van der Waals surface area contributed by atoms with Crippen LogP contribution in [0.4, 0.5) is 11.4 Å². The zero-order valence-corrected chi connectivity index (χ0v) is 14.5. The number of hydrogen-bond acceptors (Lipinski definition) is 2. The van der Waals surface area contributed by atoms with Gasteiger partial charge in [-0.2, -0.15) is 0 Å². The summed E-state index contributed by atoms with van der Waals surface area (Å²) in [6, 6.07) is 13.0. The predicted molar refractivity (Wildman–Crippen MR) is 100 cm³/mol. The summed E-state index contributed by atoms with van der Waals surface area (Å²) < 4.78 is 0. The Labute approximate surface area is 146 Å². The molecule has 0 saturated carbocycles. The van der Waals surface area contributed by atoms with Crippen molar-refractivity contribution >= 4 is 46.2 Å². The third-order valence-electron chi connectivity index (χ3n) is 3.26. The van der Waals surface area contributed by atoms with Crippen LogP contribution in [0.15, 0.2) is 42.5 Å². The van der Waals surface area contributed by atoms with Gasteiger partial charge in [0.1, 0.15) is 0 Å². The molecule has 2 aromatic carbocycles. The Bertz CT molecular complexity index is 696. The molecule has 0 spiro atoms. The van der Waals surface area contributed by atoms with Crippen molar-refractivity contribution in [3.05, 3.63) is 58.6 Å². The Morgan fingerprint density at radius 3 is 2.26 bits per heavy atom. The lowest BCUT2D eigenvalue weighted by Crippen LogP contribution is -2.35. The number of hydrogen-bond donors (Lipinski definition) is 3. The minimum atomic E-state index is -0.150. The number of carbonyl (C=O) groups is 1. The number of anilines is 2. The van der Waals surface area contributed by atoms with Crippen molar-refractivity contribution in [2.24, 2.45) is 0 Å². The van der Waals surface area contributed by atoms with E-state index in [4.69, 9.17) is 23.8 Å². The summed E-state index contributed by atoms with van der Waals surface area (Å²) >= 11 is 11.0. The fourth-order valence-electron chi connectivity index (χ4n) is 2.06. The Kier molecular flexibility index (Phi) is 5.96. The van der Waals surface area contributed by atoms with Gasteiger partial charge in [0.25, 0.3) is 0 Å². The third-order valence-corrected chi connectivity index (χ3v) is 3.76. The maximum absolute atomic E-state index is 12.0. The van der Waals surface area contributed by atoms with E-state index in [0.29, 0.717) is 10.1 Å². The van der Waals surface area contributed by atoms with Crippen molar-refractivity contribution in [1.29, 1.82) is 0 Å². The monoisotopic (exact) mass is 347 g/mol. The van der Waals surface area contributed by atoms with Crippen LogP contribution < -0.4 is 16.0 Å². The van der Waals surface area contributed by atoms with Gasteiger partial charge in [-0.25, -0.2) is 0 Å². The molecule has 0 aromatic heterocycles. The lowest BCUT2D eigenvalue weighted by Gasteiger charge is -2.13. The molecule has 0 radical (unpaired) electrons. The molecule has 0 bridgehead atoms. The maximum Gasteiger partial charge on any atom is 0.243 e. The first-order valence-corrected chi connectivity index (χ1v) is 7.91. The van der Waals surface area contributed by atoms with Gasteiger partial charge in [-0.05, 0) is 61.5 Å². The molecule has 0 aliphatic heterocycles. The number of nitrogens with one attached hydrogen (secondary N) is 3. The molecule has 23 heavy (non-hydrogen) atoms. The van der Waals surface area contributed by atoms with Crippen LogP contribution in [0.2, 0.25) is 5.02 Å². The summed E-state index contributed by atoms with van der Waals surface area (Å²) in [7, 11) is 0. The fraction of sp³-hybridized carbons (Fsp3) is 0.176. The first-order valence-electron chi connectivity index (χ1n) is 7.12. The second-order valence-corrected chi connectivity index (χ2v) is 5.97. The van der Waals surface area contributed by atoms with Crippen molar-refractivity contribution < 1.29 is 4.79 Å². The van der Waals surface area contributed by atoms with Crippen molar-refractivity contribution in [2.75, 3.05) is 17.2 Å². The van der Waals surface area contributed by atoms with Gasteiger partial charge >= 0.3 is 0 Å². The Morgan fingerprint density at radius 1 is 1.04 bits per heavy atom. The molecule has 1 amide bonds. The molecule has 0 saturated heterocycles. The molecule has 0 aliphatic rings. The van der Waals surface area contributed by atoms with Crippen molar-refractivity contribution in [1.82, 2.24) is 5.32 Å². The van der Waals surface area contributed by atoms with Gasteiger partial charge in [-0.1, -0.05) is 29.8 Å². The molecule has 0 fully saturated rings. The molecular weight excluding hydrogens is 330 g/mol. The Morgan fingerprint density at radius 2 is 1.65 bits per heavy atom. The van der Waals surface area contributed by atoms with Gasteiger partial charge in [-0.15, -0.1) is 0 Å². The van der Waals surface area contributed by atoms with Crippen LogP contribution in [-0.2, 0) is 4.79 Å². The van der Waals surface area contributed by atoms with Gasteiger partial charge in [0.2, 0.25) is 5.91 Å². The van der Waals surface area contributed by atoms with E-state index in [1.165, 1.54) is 0 Å². The van der Waals surface area contributed by atoms with E-state index in [2.05, 4.69) is 16.0 Å². The molecule has 4 nitrogen and oxygen atoms in total. The largest absolute Gasteiger partial charge is 0.353 e. The summed E-state index contributed by atoms with van der Waals surface area (Å²) in [6.07, 6.45) is 0. The second kappa shape index (κ2) is 7.94. The lowest BCUT2D eigenvalue weighted by molar-refractivity contribution is -0.115. The number of benzene rings is 2. The van der Waals surface area contributed by atoms with Gasteiger partial charge in [0, 0.05) is 16.4 Å². The maximum atomic E-state index is 12.0. The molecule has 0 aliphatic carbocycles. The third kappa shape index (κ3) is 5.23. The van der Waals surface area contributed by atoms with Gasteiger partial charge < -0.3 is 16.0 Å². The van der Waals surface area contributed by atoms with E-state index in [0.717, 1.165) is 22.5 Å². The minimum Gasteiger partial charge on any atom is -0.353 e. The van der Waals surface area contributed by atoms with Crippen molar-refractivity contribution in [2.45, 2.75) is 13.8 Å². The molecule has 2 aromatic rings. The zero-order valence-electron chi connectivity index (χ0n) is 12.9. The number of thiocarbonyl (C=S) groups is 1. The van der Waals surface area contributed by atoms with E-state index in [1.54, 1.807) is 12.1 Å². The first-order chi connectivity index (χ1) is 11.0. The van der Waals surface area contributed by atoms with Crippen LogP contribution in [0.1, 0.15) is 11.1 Å². The highest BCUT2D eigenvalue weighted by atomic mass is 35.5. The minimum absolute atomic E-state index is 0.0905. The van der Waals surface area contributed by atoms with Crippen LogP contribution in [0.3, 0.4) is 0 Å². The lowest BCUT2D eigenvalue weighted by atomic mass is 10.1. The highest BCUT2D eigenvalue weighted by Gasteiger charge is 2.07. The van der Waals surface area contributed by atoms with E-state index in [-0.39, 0.29) is 12.5 Å². The van der Waals surface area contributed by atoms with E-state index in [1.807, 2.05) is 44.2 Å². The summed E-state index contributed by atoms with van der Waals surface area (Å²) in [6.45, 7) is 4.01. The average molecular weight is 348 g/mol. The smallest absolute Gasteiger partial charge is 0.243 e. The quantitative estimate of drug-likeness (QED) is 0.735. The number of aryl methyl sites for hydroxylation is 2. The van der Waals surface area contributed by atoms with E-state index < -0.39 is 0 Å². The highest BCUT2D eigenvalue weighted by molar-refractivity contribution is 7.80. The molecule has 3 N–H and O–H groups in total. The summed E-state index contributed by atoms with van der Waals surface area (Å²) in [4.78, 5) is 12.0. The number of amides is 1. The molecule has 0 heterocycles. The summed E-state index contributed by atoms with van der Waals surface area (Å²) in [5.41, 5.74) is 3.71. The topological polar surface area (TPSA) is 53.2 Å². The highest BCUT2D eigenvalue weighted by Crippen LogP contribution is 2.19. The molecule has 120 valence electrons. The van der Waals surface area contributed by atoms with Crippen molar-refractivity contribution in [3.63, 3.8) is 0 Å². The number of rotatable bonds is 4. The summed E-state index contributed by atoms with van der Waals surface area (Å²) in [5.74, 6) is -0.150. The molecule has 2 rings (SSSR count). The number of halogens is 1. The standard InChI is InChI=1S/C17H18ClN3OS/c1-11-4-3-5-12(2)16(11)21-15(22)10-19-17(23)20-14-8-6-13(18)7-9-14/h3-9H,10H2,1-2H3,(H,21,22)(H2,19,20,23). The van der Waals surface area contributed by atoms with Crippen LogP contribution >= 0.6 is 23.8 Å². The normalized spacial score (nSPS) is 10.0. The van der Waals surface area contributed by atoms with E-state index >= 15 is 0 Å². The fourth-order valence-corrected chi connectivity index (χ4v) is 2.38. The van der Waals surface area contributed by atoms with Crippen LogP contribution in [0, 0.1) is 13.8 Å². The Hall–Kier alpha value is -2.11. The second-order valence-electron chi connectivity index (χ2n) is 5.13. The van der Waals surface area contributed by atoms with Crippen LogP contribution in [-0.4, -0.2) is 17.6 Å². The van der Waals surface area contributed by atoms with Crippen molar-refractivity contribution in [3.8, 4) is 0 Å². The number of para-hydroxylation sites is 1. The zero-order chi connectivity index (χ0) is 16.8. The van der Waals surface area contributed by atoms with E-state index in [9.17, 15) is 4.79 Å². The van der Waals surface area contributed by atoms with Gasteiger partial charge in [0.05, 0.1) is 6.54 Å². The first kappa shape index (κ1) is 17.2. The Balaban J connectivity index is 1.84. The molecule has 0 atom stereocenters. The van der Waals surface area contributed by atoms with Crippen LogP contribution in [0.5, 0.6) is 0 Å². The van der Waals surface area contributed by atoms with Crippen LogP contribution in [0.25, 0.3) is 0 Å². The van der Waals surface area contributed by atoms with Gasteiger partial charge in [-0.3, -0.25) is 4.79 Å². The molecular formula is C17H18ClN3OS. The summed E-state index contributed by atoms with van der Waals surface area (Å²) in [5, 5.41) is 9.81. The number of carbonyl (C=O) groups excluding carboxylic acids is 1.